The van der Waals surface area contributed by atoms with Gasteiger partial charge in [-0.05, 0) is 58.4 Å². The predicted molar refractivity (Wildman–Crippen MR) is 84.9 cm³/mol. The molecular formula is C16H21BrFNO3. The molecule has 0 radical (unpaired) electrons. The molecule has 1 unspecified atom stereocenters. The fraction of sp³-hybridized carbons (Fsp3) is 0.562. The van der Waals surface area contributed by atoms with Gasteiger partial charge >= 0.3 is 6.09 Å². The topological polar surface area (TPSA) is 38.8 Å². The lowest BCUT2D eigenvalue weighted by molar-refractivity contribution is -0.0626. The molecule has 22 heavy (non-hydrogen) atoms. The zero-order valence-electron chi connectivity index (χ0n) is 13.4. The van der Waals surface area contributed by atoms with Gasteiger partial charge in [0.2, 0.25) is 0 Å². The number of nitrogens with zero attached hydrogens (tertiary/aromatic N) is 1. The van der Waals surface area contributed by atoms with E-state index < -0.39 is 23.5 Å². The third-order valence-corrected chi connectivity index (χ3v) is 3.80. The van der Waals surface area contributed by atoms with E-state index in [1.165, 1.54) is 17.0 Å². The van der Waals surface area contributed by atoms with Gasteiger partial charge in [-0.25, -0.2) is 9.18 Å². The molecule has 1 saturated heterocycles. The fourth-order valence-electron chi connectivity index (χ4n) is 2.47. The number of amides is 1. The summed E-state index contributed by atoms with van der Waals surface area (Å²) in [6.07, 6.45) is -0.472. The van der Waals surface area contributed by atoms with Gasteiger partial charge in [0.1, 0.15) is 17.1 Å². The zero-order chi connectivity index (χ0) is 16.7. The third kappa shape index (κ3) is 3.79. The van der Waals surface area contributed by atoms with E-state index in [4.69, 9.17) is 9.47 Å². The zero-order valence-corrected chi connectivity index (χ0v) is 15.0. The maximum Gasteiger partial charge on any atom is 0.413 e. The third-order valence-electron chi connectivity index (χ3n) is 3.35. The lowest BCUT2D eigenvalue weighted by atomic mass is 10.1. The highest BCUT2D eigenvalue weighted by molar-refractivity contribution is 9.10. The molecule has 122 valence electrons. The van der Waals surface area contributed by atoms with Crippen LogP contribution in [0.3, 0.4) is 0 Å². The van der Waals surface area contributed by atoms with E-state index >= 15 is 0 Å². The van der Waals surface area contributed by atoms with Crippen molar-refractivity contribution in [2.75, 3.05) is 6.61 Å². The smallest absolute Gasteiger partial charge is 0.413 e. The van der Waals surface area contributed by atoms with Crippen molar-refractivity contribution in [1.82, 2.24) is 4.90 Å². The van der Waals surface area contributed by atoms with Crippen LogP contribution in [0.25, 0.3) is 0 Å². The molecule has 1 aliphatic heterocycles. The Labute approximate surface area is 138 Å². The molecule has 1 fully saturated rings. The largest absolute Gasteiger partial charge is 0.444 e. The standard InChI is InChI=1S/C16H21BrFNO3/c1-15(2,3)22-14(20)19-13(9-21-16(19,4)5)10-6-11(17)8-12(18)7-10/h6-8,13H,9H2,1-5H3. The van der Waals surface area contributed by atoms with Gasteiger partial charge in [0.25, 0.3) is 0 Å². The molecule has 1 amide bonds. The summed E-state index contributed by atoms with van der Waals surface area (Å²) < 4.78 is 25.5. The van der Waals surface area contributed by atoms with Gasteiger partial charge < -0.3 is 9.47 Å². The number of carbonyl (C=O) groups is 1. The maximum absolute atomic E-state index is 13.7. The van der Waals surface area contributed by atoms with Crippen molar-refractivity contribution in [2.24, 2.45) is 0 Å². The average molecular weight is 374 g/mol. The molecule has 1 atom stereocenters. The van der Waals surface area contributed by atoms with Crippen molar-refractivity contribution in [1.29, 1.82) is 0 Å². The molecule has 0 bridgehead atoms. The van der Waals surface area contributed by atoms with Crippen molar-refractivity contribution in [3.63, 3.8) is 0 Å². The van der Waals surface area contributed by atoms with Crippen LogP contribution in [0, 0.1) is 5.82 Å². The first-order valence-electron chi connectivity index (χ1n) is 7.12. The van der Waals surface area contributed by atoms with Crippen LogP contribution >= 0.6 is 15.9 Å². The SMILES string of the molecule is CC(C)(C)OC(=O)N1C(c2cc(F)cc(Br)c2)COC1(C)C. The first-order valence-corrected chi connectivity index (χ1v) is 7.91. The molecule has 0 aromatic heterocycles. The van der Waals surface area contributed by atoms with E-state index in [-0.39, 0.29) is 5.82 Å². The van der Waals surface area contributed by atoms with Gasteiger partial charge in [-0.15, -0.1) is 0 Å². The number of carbonyl (C=O) groups excluding carboxylic acids is 1. The molecule has 1 heterocycles. The average Bonchev–Trinajstić information content (AvgIpc) is 2.61. The second-order valence-corrected chi connectivity index (χ2v) is 7.74. The monoisotopic (exact) mass is 373 g/mol. The van der Waals surface area contributed by atoms with Crippen LogP contribution in [0.15, 0.2) is 22.7 Å². The van der Waals surface area contributed by atoms with Gasteiger partial charge in [0, 0.05) is 4.47 Å². The second-order valence-electron chi connectivity index (χ2n) is 6.83. The van der Waals surface area contributed by atoms with Crippen molar-refractivity contribution in [3.8, 4) is 0 Å². The van der Waals surface area contributed by atoms with Crippen LogP contribution in [0.5, 0.6) is 0 Å². The van der Waals surface area contributed by atoms with Gasteiger partial charge in [-0.3, -0.25) is 4.90 Å². The summed E-state index contributed by atoms with van der Waals surface area (Å²) in [6, 6.07) is 4.19. The highest BCUT2D eigenvalue weighted by atomic mass is 79.9. The van der Waals surface area contributed by atoms with Crippen LogP contribution in [-0.4, -0.2) is 28.9 Å². The van der Waals surface area contributed by atoms with Crippen LogP contribution in [0.4, 0.5) is 9.18 Å². The number of halogens is 2. The Bertz CT molecular complexity index is 563. The normalized spacial score (nSPS) is 21.0. The minimum absolute atomic E-state index is 0.294. The van der Waals surface area contributed by atoms with E-state index in [0.717, 1.165) is 0 Å². The molecule has 1 aliphatic rings. The first-order chi connectivity index (χ1) is 9.99. The number of benzene rings is 1. The van der Waals surface area contributed by atoms with Gasteiger partial charge in [-0.1, -0.05) is 15.9 Å². The Morgan fingerprint density at radius 1 is 1.41 bits per heavy atom. The van der Waals surface area contributed by atoms with Crippen LogP contribution in [-0.2, 0) is 9.47 Å². The Hall–Kier alpha value is -1.14. The Kier molecular flexibility index (Phi) is 4.55. The molecular weight excluding hydrogens is 353 g/mol. The van der Waals surface area contributed by atoms with E-state index in [9.17, 15) is 9.18 Å². The van der Waals surface area contributed by atoms with E-state index in [1.807, 2.05) is 20.8 Å². The number of rotatable bonds is 1. The van der Waals surface area contributed by atoms with Crippen LogP contribution in [0.2, 0.25) is 0 Å². The fourth-order valence-corrected chi connectivity index (χ4v) is 2.96. The summed E-state index contributed by atoms with van der Waals surface area (Å²) in [5, 5.41) is 0. The summed E-state index contributed by atoms with van der Waals surface area (Å²) in [4.78, 5) is 14.1. The maximum atomic E-state index is 13.7. The molecule has 0 saturated carbocycles. The lowest BCUT2D eigenvalue weighted by Crippen LogP contribution is -2.47. The van der Waals surface area contributed by atoms with Gasteiger partial charge in [0.15, 0.2) is 0 Å². The molecule has 1 aromatic rings. The Balaban J connectivity index is 2.36. The summed E-state index contributed by atoms with van der Waals surface area (Å²) in [6.45, 7) is 9.31. The van der Waals surface area contributed by atoms with E-state index in [1.54, 1.807) is 19.9 Å². The molecule has 4 nitrogen and oxygen atoms in total. The molecule has 2 rings (SSSR count). The summed E-state index contributed by atoms with van der Waals surface area (Å²) >= 11 is 3.28. The molecule has 1 aromatic carbocycles. The number of ether oxygens (including phenoxy) is 2. The lowest BCUT2D eigenvalue weighted by Gasteiger charge is -2.35. The minimum atomic E-state index is -0.814. The summed E-state index contributed by atoms with van der Waals surface area (Å²) in [5.74, 6) is -0.363. The van der Waals surface area contributed by atoms with E-state index in [2.05, 4.69) is 15.9 Å². The number of hydrogen-bond acceptors (Lipinski definition) is 3. The minimum Gasteiger partial charge on any atom is -0.444 e. The van der Waals surface area contributed by atoms with Crippen molar-refractivity contribution in [3.05, 3.63) is 34.1 Å². The highest BCUT2D eigenvalue weighted by Crippen LogP contribution is 2.38. The highest BCUT2D eigenvalue weighted by Gasteiger charge is 2.46. The quantitative estimate of drug-likeness (QED) is 0.719. The molecule has 0 spiro atoms. The predicted octanol–water partition coefficient (Wildman–Crippen LogP) is 4.63. The van der Waals surface area contributed by atoms with Crippen molar-refractivity contribution in [2.45, 2.75) is 52.0 Å². The van der Waals surface area contributed by atoms with Crippen LogP contribution in [0.1, 0.15) is 46.2 Å². The van der Waals surface area contributed by atoms with Crippen molar-refractivity contribution < 1.29 is 18.7 Å². The Morgan fingerprint density at radius 2 is 2.05 bits per heavy atom. The van der Waals surface area contributed by atoms with Gasteiger partial charge in [-0.2, -0.15) is 0 Å². The number of hydrogen-bond donors (Lipinski definition) is 0. The Morgan fingerprint density at radius 3 is 2.59 bits per heavy atom. The van der Waals surface area contributed by atoms with E-state index in [0.29, 0.717) is 16.6 Å². The first kappa shape index (κ1) is 17.2. The summed E-state index contributed by atoms with van der Waals surface area (Å²) in [5.41, 5.74) is -0.752. The molecule has 6 heteroatoms. The van der Waals surface area contributed by atoms with Gasteiger partial charge in [0.05, 0.1) is 12.6 Å². The molecule has 0 aliphatic carbocycles. The second kappa shape index (κ2) is 5.81. The van der Waals surface area contributed by atoms with Crippen LogP contribution < -0.4 is 0 Å². The molecule has 0 N–H and O–H groups in total. The summed E-state index contributed by atoms with van der Waals surface area (Å²) in [7, 11) is 0. The van der Waals surface area contributed by atoms with Crippen molar-refractivity contribution >= 4 is 22.0 Å².